The van der Waals surface area contributed by atoms with Gasteiger partial charge in [-0.1, -0.05) is 24.3 Å². The maximum atomic E-state index is 12.5. The number of amides is 1. The van der Waals surface area contributed by atoms with Gasteiger partial charge in [0.25, 0.3) is 0 Å². The number of carbonyl (C=O) groups excluding carboxylic acids is 1. The molecule has 3 aromatic rings. The van der Waals surface area contributed by atoms with Gasteiger partial charge in [0.15, 0.2) is 0 Å². The van der Waals surface area contributed by atoms with Crippen molar-refractivity contribution in [2.75, 3.05) is 24.7 Å². The van der Waals surface area contributed by atoms with E-state index in [-0.39, 0.29) is 18.5 Å². The summed E-state index contributed by atoms with van der Waals surface area (Å²) in [6, 6.07) is 17.7. The predicted molar refractivity (Wildman–Crippen MR) is 112 cm³/mol. The average Bonchev–Trinajstić information content (AvgIpc) is 3.10. The van der Waals surface area contributed by atoms with Crippen LogP contribution in [0.2, 0.25) is 0 Å². The molecule has 138 valence electrons. The van der Waals surface area contributed by atoms with E-state index in [1.165, 1.54) is 11.8 Å². The fourth-order valence-corrected chi connectivity index (χ4v) is 4.37. The normalized spacial score (nSPS) is 12.1. The van der Waals surface area contributed by atoms with Gasteiger partial charge in [0.1, 0.15) is 5.01 Å². The second kappa shape index (κ2) is 9.00. The molecule has 3 rings (SSSR count). The molecule has 0 saturated heterocycles. The largest absolute Gasteiger partial charge is 0.324 e. The molecule has 0 bridgehead atoms. The third kappa shape index (κ3) is 4.86. The number of rotatable bonds is 7. The number of nitrogens with zero attached hydrogens (tertiary/aromatic N) is 3. The van der Waals surface area contributed by atoms with E-state index in [0.717, 1.165) is 25.8 Å². The number of hydrogen-bond donors (Lipinski definition) is 1. The number of likely N-dealkylation sites (N-methyl/N-ethyl adjacent to an activating group) is 1. The van der Waals surface area contributed by atoms with Crippen LogP contribution < -0.4 is 5.32 Å². The van der Waals surface area contributed by atoms with Crippen LogP contribution >= 0.6 is 23.1 Å². The third-order valence-corrected chi connectivity index (χ3v) is 6.32. The SMILES string of the molecule is C[C@@H](c1nc2ccccc2s1)N(C)CC(=O)Nc1ccccc1SCC#N. The molecule has 1 amide bonds. The Labute approximate surface area is 167 Å². The lowest BCUT2D eigenvalue weighted by molar-refractivity contribution is -0.117. The molecule has 5 nitrogen and oxygen atoms in total. The van der Waals surface area contributed by atoms with E-state index in [1.54, 1.807) is 11.3 Å². The van der Waals surface area contributed by atoms with E-state index in [4.69, 9.17) is 5.26 Å². The first-order valence-corrected chi connectivity index (χ1v) is 10.3. The van der Waals surface area contributed by atoms with Crippen molar-refractivity contribution in [1.82, 2.24) is 9.88 Å². The lowest BCUT2D eigenvalue weighted by Crippen LogP contribution is -2.32. The maximum absolute atomic E-state index is 12.5. The van der Waals surface area contributed by atoms with Crippen LogP contribution in [0.3, 0.4) is 0 Å². The zero-order valence-corrected chi connectivity index (χ0v) is 16.8. The Morgan fingerprint density at radius 3 is 2.81 bits per heavy atom. The first kappa shape index (κ1) is 19.4. The highest BCUT2D eigenvalue weighted by atomic mass is 32.2. The molecule has 0 fully saturated rings. The fourth-order valence-electron chi connectivity index (χ4n) is 2.62. The zero-order valence-electron chi connectivity index (χ0n) is 15.2. The molecule has 1 N–H and O–H groups in total. The maximum Gasteiger partial charge on any atom is 0.238 e. The number of benzene rings is 2. The van der Waals surface area contributed by atoms with Gasteiger partial charge in [0.2, 0.25) is 5.91 Å². The molecule has 0 radical (unpaired) electrons. The van der Waals surface area contributed by atoms with Gasteiger partial charge >= 0.3 is 0 Å². The first-order valence-electron chi connectivity index (χ1n) is 8.53. The molecule has 1 aromatic heterocycles. The Morgan fingerprint density at radius 1 is 1.30 bits per heavy atom. The molecule has 1 heterocycles. The lowest BCUT2D eigenvalue weighted by Gasteiger charge is -2.22. The van der Waals surface area contributed by atoms with Crippen molar-refractivity contribution in [1.29, 1.82) is 5.26 Å². The highest BCUT2D eigenvalue weighted by Gasteiger charge is 2.19. The summed E-state index contributed by atoms with van der Waals surface area (Å²) in [5.74, 6) is 0.261. The number of para-hydroxylation sites is 2. The zero-order chi connectivity index (χ0) is 19.2. The van der Waals surface area contributed by atoms with Crippen molar-refractivity contribution in [2.45, 2.75) is 17.9 Å². The summed E-state index contributed by atoms with van der Waals surface area (Å²) >= 11 is 3.07. The van der Waals surface area contributed by atoms with Crippen LogP contribution in [0.4, 0.5) is 5.69 Å². The molecule has 7 heteroatoms. The summed E-state index contributed by atoms with van der Waals surface area (Å²) in [5.41, 5.74) is 1.73. The molecule has 0 aliphatic heterocycles. The van der Waals surface area contributed by atoms with Gasteiger partial charge in [-0.3, -0.25) is 9.69 Å². The van der Waals surface area contributed by atoms with Crippen molar-refractivity contribution >= 4 is 44.9 Å². The summed E-state index contributed by atoms with van der Waals surface area (Å²) in [6.07, 6.45) is 0. The molecule has 0 aliphatic carbocycles. The molecule has 0 spiro atoms. The Kier molecular flexibility index (Phi) is 6.45. The lowest BCUT2D eigenvalue weighted by atomic mass is 10.3. The van der Waals surface area contributed by atoms with Gasteiger partial charge < -0.3 is 5.32 Å². The highest BCUT2D eigenvalue weighted by molar-refractivity contribution is 7.99. The number of fused-ring (bicyclic) bond motifs is 1. The minimum atomic E-state index is -0.0875. The number of nitrogens with one attached hydrogen (secondary N) is 1. The highest BCUT2D eigenvalue weighted by Crippen LogP contribution is 2.29. The second-order valence-electron chi connectivity index (χ2n) is 6.10. The molecular weight excluding hydrogens is 376 g/mol. The van der Waals surface area contributed by atoms with Crippen LogP contribution in [0.1, 0.15) is 18.0 Å². The van der Waals surface area contributed by atoms with Crippen LogP contribution in [-0.2, 0) is 4.79 Å². The Balaban J connectivity index is 1.64. The number of carbonyl (C=O) groups is 1. The molecule has 27 heavy (non-hydrogen) atoms. The number of anilines is 1. The topological polar surface area (TPSA) is 69.0 Å². The molecule has 0 aliphatic rings. The van der Waals surface area contributed by atoms with Gasteiger partial charge in [-0.25, -0.2) is 4.98 Å². The number of thiazole rings is 1. The first-order chi connectivity index (χ1) is 13.1. The Bertz CT molecular complexity index is 946. The van der Waals surface area contributed by atoms with Gasteiger partial charge in [0.05, 0.1) is 40.3 Å². The van der Waals surface area contributed by atoms with Crippen molar-refractivity contribution < 1.29 is 4.79 Å². The monoisotopic (exact) mass is 396 g/mol. The minimum Gasteiger partial charge on any atom is -0.324 e. The number of thioether (sulfide) groups is 1. The van der Waals surface area contributed by atoms with Crippen molar-refractivity contribution in [3.63, 3.8) is 0 Å². The van der Waals surface area contributed by atoms with Crippen LogP contribution in [0.5, 0.6) is 0 Å². The van der Waals surface area contributed by atoms with Gasteiger partial charge in [-0.15, -0.1) is 23.1 Å². The van der Waals surface area contributed by atoms with Gasteiger partial charge in [0, 0.05) is 4.90 Å². The van der Waals surface area contributed by atoms with Crippen LogP contribution in [0, 0.1) is 11.3 Å². The van der Waals surface area contributed by atoms with E-state index in [2.05, 4.69) is 29.4 Å². The number of hydrogen-bond acceptors (Lipinski definition) is 6. The van der Waals surface area contributed by atoms with Crippen molar-refractivity contribution in [3.05, 3.63) is 53.5 Å². The Morgan fingerprint density at radius 2 is 2.04 bits per heavy atom. The molecule has 0 unspecified atom stereocenters. The van der Waals surface area contributed by atoms with Crippen LogP contribution in [-0.4, -0.2) is 35.1 Å². The van der Waals surface area contributed by atoms with Gasteiger partial charge in [-0.05, 0) is 38.2 Å². The van der Waals surface area contributed by atoms with Crippen molar-refractivity contribution in [3.8, 4) is 6.07 Å². The van der Waals surface area contributed by atoms with Crippen molar-refractivity contribution in [2.24, 2.45) is 0 Å². The summed E-state index contributed by atoms with van der Waals surface area (Å²) in [5, 5.41) is 12.7. The fraction of sp³-hybridized carbons (Fsp3) is 0.250. The van der Waals surface area contributed by atoms with E-state index >= 15 is 0 Å². The summed E-state index contributed by atoms with van der Waals surface area (Å²) in [4.78, 5) is 20.1. The second-order valence-corrected chi connectivity index (χ2v) is 8.18. The number of aromatic nitrogens is 1. The van der Waals surface area contributed by atoms with E-state index in [9.17, 15) is 4.79 Å². The molecule has 2 aromatic carbocycles. The Hall–Kier alpha value is -2.40. The van der Waals surface area contributed by atoms with E-state index in [0.29, 0.717) is 5.75 Å². The summed E-state index contributed by atoms with van der Waals surface area (Å²) < 4.78 is 1.15. The summed E-state index contributed by atoms with van der Waals surface area (Å²) in [7, 11) is 1.92. The van der Waals surface area contributed by atoms with Crippen LogP contribution in [0.15, 0.2) is 53.4 Å². The molecular formula is C20H20N4OS2. The van der Waals surface area contributed by atoms with Crippen LogP contribution in [0.25, 0.3) is 10.2 Å². The average molecular weight is 397 g/mol. The summed E-state index contributed by atoms with van der Waals surface area (Å²) in [6.45, 7) is 2.32. The predicted octanol–water partition coefficient (Wildman–Crippen LogP) is 4.54. The molecule has 1 atom stereocenters. The quantitative estimate of drug-likeness (QED) is 0.594. The standard InChI is InChI=1S/C20H20N4OS2/c1-14(20-23-16-8-4-6-10-18(16)27-20)24(2)13-19(25)22-15-7-3-5-9-17(15)26-12-11-21/h3-10,14H,12-13H2,1-2H3,(H,22,25)/t14-/m0/s1. The third-order valence-electron chi connectivity index (χ3n) is 4.18. The van der Waals surface area contributed by atoms with Gasteiger partial charge in [-0.2, -0.15) is 5.26 Å². The number of nitriles is 1. The smallest absolute Gasteiger partial charge is 0.238 e. The minimum absolute atomic E-state index is 0.0383. The van der Waals surface area contributed by atoms with E-state index < -0.39 is 0 Å². The molecule has 0 saturated carbocycles. The van der Waals surface area contributed by atoms with E-state index in [1.807, 2.05) is 54.4 Å².